The number of carbonyl (C=O) groups excluding carboxylic acids is 1. The molecule has 192 valence electrons. The molecule has 3 aromatic carbocycles. The molecule has 0 aliphatic heterocycles. The standard InChI is InChI=1S/C29H26N4O3S2/c1-20-17-21(2)27-26(18-20)37-29(31-27)33(19-23-9-7-8-16-30-23)28(34)22-12-14-25(15-13-22)38(35,36)32(3)24-10-5-4-6-11-24/h4-18H,19H2,1-3H3. The van der Waals surface area contributed by atoms with E-state index in [4.69, 9.17) is 4.98 Å². The molecule has 0 saturated heterocycles. The van der Waals surface area contributed by atoms with Crippen molar-refractivity contribution in [2.45, 2.75) is 25.3 Å². The Hall–Kier alpha value is -4.08. The zero-order chi connectivity index (χ0) is 26.9. The molecular formula is C29H26N4O3S2. The molecule has 0 aliphatic rings. The molecule has 5 rings (SSSR count). The van der Waals surface area contributed by atoms with E-state index in [1.54, 1.807) is 47.5 Å². The smallest absolute Gasteiger partial charge is 0.264 e. The number of hydrogen-bond donors (Lipinski definition) is 0. The number of pyridine rings is 1. The monoisotopic (exact) mass is 542 g/mol. The van der Waals surface area contributed by atoms with Gasteiger partial charge in [0.2, 0.25) is 0 Å². The van der Waals surface area contributed by atoms with E-state index < -0.39 is 10.0 Å². The molecule has 2 heterocycles. The molecule has 0 spiro atoms. The van der Waals surface area contributed by atoms with Crippen molar-refractivity contribution in [3.8, 4) is 0 Å². The minimum Gasteiger partial charge on any atom is -0.278 e. The molecule has 0 saturated carbocycles. The van der Waals surface area contributed by atoms with E-state index in [2.05, 4.69) is 17.1 Å². The Bertz CT molecular complexity index is 1700. The molecule has 0 unspecified atom stereocenters. The summed E-state index contributed by atoms with van der Waals surface area (Å²) in [5, 5.41) is 0.560. The van der Waals surface area contributed by atoms with Crippen LogP contribution in [0.4, 0.5) is 10.8 Å². The van der Waals surface area contributed by atoms with Crippen molar-refractivity contribution < 1.29 is 13.2 Å². The predicted molar refractivity (Wildman–Crippen MR) is 152 cm³/mol. The van der Waals surface area contributed by atoms with E-state index >= 15 is 0 Å². The molecule has 0 radical (unpaired) electrons. The summed E-state index contributed by atoms with van der Waals surface area (Å²) in [6.45, 7) is 4.27. The van der Waals surface area contributed by atoms with Crippen molar-refractivity contribution in [1.29, 1.82) is 0 Å². The Morgan fingerprint density at radius 3 is 2.32 bits per heavy atom. The van der Waals surface area contributed by atoms with Gasteiger partial charge in [-0.25, -0.2) is 13.4 Å². The van der Waals surface area contributed by atoms with Gasteiger partial charge in [-0.3, -0.25) is 19.0 Å². The second-order valence-electron chi connectivity index (χ2n) is 8.97. The number of aryl methyl sites for hydroxylation is 2. The van der Waals surface area contributed by atoms with Gasteiger partial charge in [0, 0.05) is 18.8 Å². The first-order chi connectivity index (χ1) is 18.2. The normalized spacial score (nSPS) is 11.4. The van der Waals surface area contributed by atoms with Crippen LogP contribution in [0.2, 0.25) is 0 Å². The van der Waals surface area contributed by atoms with Crippen LogP contribution in [0, 0.1) is 13.8 Å². The average Bonchev–Trinajstić information content (AvgIpc) is 3.36. The van der Waals surface area contributed by atoms with Crippen LogP contribution >= 0.6 is 11.3 Å². The number of hydrogen-bond acceptors (Lipinski definition) is 6. The molecular weight excluding hydrogens is 516 g/mol. The van der Waals surface area contributed by atoms with Gasteiger partial charge >= 0.3 is 0 Å². The van der Waals surface area contributed by atoms with Gasteiger partial charge < -0.3 is 0 Å². The quantitative estimate of drug-likeness (QED) is 0.253. The molecule has 0 bridgehead atoms. The highest BCUT2D eigenvalue weighted by atomic mass is 32.2. The second kappa shape index (κ2) is 10.4. The Kier molecular flexibility index (Phi) is 6.96. The lowest BCUT2D eigenvalue weighted by Crippen LogP contribution is -2.31. The van der Waals surface area contributed by atoms with Crippen LogP contribution in [0.1, 0.15) is 27.2 Å². The molecule has 1 amide bonds. The van der Waals surface area contributed by atoms with Crippen LogP contribution in [0.3, 0.4) is 0 Å². The molecule has 0 aliphatic carbocycles. The third-order valence-electron chi connectivity index (χ3n) is 6.22. The van der Waals surface area contributed by atoms with Crippen molar-refractivity contribution in [3.63, 3.8) is 0 Å². The lowest BCUT2D eigenvalue weighted by atomic mass is 10.1. The number of fused-ring (bicyclic) bond motifs is 1. The molecule has 0 atom stereocenters. The van der Waals surface area contributed by atoms with Crippen LogP contribution in [-0.2, 0) is 16.6 Å². The number of carbonyl (C=O) groups is 1. The van der Waals surface area contributed by atoms with Gasteiger partial charge in [-0.2, -0.15) is 0 Å². The summed E-state index contributed by atoms with van der Waals surface area (Å²) in [7, 11) is -2.28. The maximum absolute atomic E-state index is 13.8. The van der Waals surface area contributed by atoms with Crippen LogP contribution < -0.4 is 9.21 Å². The Morgan fingerprint density at radius 1 is 0.921 bits per heavy atom. The van der Waals surface area contributed by atoms with Crippen molar-refractivity contribution in [3.05, 3.63) is 114 Å². The fraction of sp³-hybridized carbons (Fsp3) is 0.138. The second-order valence-corrected chi connectivity index (χ2v) is 11.9. The predicted octanol–water partition coefficient (Wildman–Crippen LogP) is 5.98. The minimum absolute atomic E-state index is 0.0998. The molecule has 2 aromatic heterocycles. The van der Waals surface area contributed by atoms with Crippen LogP contribution in [-0.4, -0.2) is 31.3 Å². The van der Waals surface area contributed by atoms with Gasteiger partial charge in [0.05, 0.1) is 33.0 Å². The maximum atomic E-state index is 13.8. The third kappa shape index (κ3) is 5.03. The zero-order valence-corrected chi connectivity index (χ0v) is 22.8. The van der Waals surface area contributed by atoms with Gasteiger partial charge in [0.15, 0.2) is 5.13 Å². The lowest BCUT2D eigenvalue weighted by Gasteiger charge is -2.21. The molecule has 9 heteroatoms. The maximum Gasteiger partial charge on any atom is 0.264 e. The van der Waals surface area contributed by atoms with Gasteiger partial charge in [-0.15, -0.1) is 0 Å². The summed E-state index contributed by atoms with van der Waals surface area (Å²) in [6.07, 6.45) is 1.69. The summed E-state index contributed by atoms with van der Waals surface area (Å²) >= 11 is 1.45. The first kappa shape index (κ1) is 25.6. The van der Waals surface area contributed by atoms with Crippen LogP contribution in [0.5, 0.6) is 0 Å². The molecule has 7 nitrogen and oxygen atoms in total. The summed E-state index contributed by atoms with van der Waals surface area (Å²) in [5.74, 6) is -0.288. The lowest BCUT2D eigenvalue weighted by molar-refractivity contribution is 0.0984. The Balaban J connectivity index is 1.49. The van der Waals surface area contributed by atoms with Gasteiger partial charge in [-0.05, 0) is 79.6 Å². The zero-order valence-electron chi connectivity index (χ0n) is 21.2. The summed E-state index contributed by atoms with van der Waals surface area (Å²) in [4.78, 5) is 24.7. The third-order valence-corrected chi connectivity index (χ3v) is 9.05. The Labute approximate surface area is 226 Å². The number of benzene rings is 3. The molecule has 0 fully saturated rings. The summed E-state index contributed by atoms with van der Waals surface area (Å²) in [6, 6.07) is 24.6. The fourth-order valence-corrected chi connectivity index (χ4v) is 6.55. The summed E-state index contributed by atoms with van der Waals surface area (Å²) < 4.78 is 28.6. The average molecular weight is 543 g/mol. The first-order valence-electron chi connectivity index (χ1n) is 12.0. The van der Waals surface area contributed by atoms with Gasteiger partial charge in [-0.1, -0.05) is 41.7 Å². The Morgan fingerprint density at radius 2 is 1.63 bits per heavy atom. The van der Waals surface area contributed by atoms with Crippen LogP contribution in [0.15, 0.2) is 96.0 Å². The first-order valence-corrected chi connectivity index (χ1v) is 14.2. The number of anilines is 2. The van der Waals surface area contributed by atoms with Gasteiger partial charge in [0.25, 0.3) is 15.9 Å². The number of amides is 1. The molecule has 5 aromatic rings. The highest BCUT2D eigenvalue weighted by Crippen LogP contribution is 2.33. The van der Waals surface area contributed by atoms with Crippen molar-refractivity contribution in [2.75, 3.05) is 16.3 Å². The minimum atomic E-state index is -3.79. The number of para-hydroxylation sites is 1. The number of aromatic nitrogens is 2. The SMILES string of the molecule is Cc1cc(C)c2nc(N(Cc3ccccn3)C(=O)c3ccc(S(=O)(=O)N(C)c4ccccc4)cc3)sc2c1. The number of thiazole rings is 1. The van der Waals surface area contributed by atoms with Crippen molar-refractivity contribution in [2.24, 2.45) is 0 Å². The van der Waals surface area contributed by atoms with Crippen molar-refractivity contribution in [1.82, 2.24) is 9.97 Å². The number of nitrogens with zero attached hydrogens (tertiary/aromatic N) is 4. The van der Waals surface area contributed by atoms with E-state index in [9.17, 15) is 13.2 Å². The highest BCUT2D eigenvalue weighted by molar-refractivity contribution is 7.92. The number of rotatable bonds is 7. The van der Waals surface area contributed by atoms with E-state index in [0.717, 1.165) is 27.0 Å². The van der Waals surface area contributed by atoms with Crippen LogP contribution in [0.25, 0.3) is 10.2 Å². The summed E-state index contributed by atoms with van der Waals surface area (Å²) in [5.41, 5.74) is 4.66. The van der Waals surface area contributed by atoms with E-state index in [1.807, 2.05) is 38.1 Å². The van der Waals surface area contributed by atoms with E-state index in [0.29, 0.717) is 16.4 Å². The topological polar surface area (TPSA) is 83.5 Å². The van der Waals surface area contributed by atoms with Gasteiger partial charge in [0.1, 0.15) is 0 Å². The van der Waals surface area contributed by atoms with Crippen molar-refractivity contribution >= 4 is 48.3 Å². The highest BCUT2D eigenvalue weighted by Gasteiger charge is 2.25. The largest absolute Gasteiger partial charge is 0.278 e. The number of sulfonamides is 1. The van der Waals surface area contributed by atoms with E-state index in [1.165, 1.54) is 34.8 Å². The van der Waals surface area contributed by atoms with E-state index in [-0.39, 0.29) is 17.3 Å². The fourth-order valence-electron chi connectivity index (χ4n) is 4.21. The molecule has 38 heavy (non-hydrogen) atoms. The molecule has 0 N–H and O–H groups in total.